The van der Waals surface area contributed by atoms with Gasteiger partial charge in [0.15, 0.2) is 0 Å². The summed E-state index contributed by atoms with van der Waals surface area (Å²) in [6.07, 6.45) is 3.49. The standard InChI is InChI=1S/C13H9N3O/c14-13(17)8-3-4-11-10(6-8)12-9(7-16-11)2-1-5-15-12/h1-7H,(H2,14,17). The summed E-state index contributed by atoms with van der Waals surface area (Å²) in [5.74, 6) is -0.445. The molecule has 0 saturated carbocycles. The van der Waals surface area contributed by atoms with Crippen LogP contribution in [0.2, 0.25) is 0 Å². The third-order valence-electron chi connectivity index (χ3n) is 2.72. The quantitative estimate of drug-likeness (QED) is 0.640. The van der Waals surface area contributed by atoms with Gasteiger partial charge in [0.2, 0.25) is 5.91 Å². The molecule has 1 aromatic carbocycles. The van der Waals surface area contributed by atoms with Crippen molar-refractivity contribution in [2.45, 2.75) is 0 Å². The lowest BCUT2D eigenvalue weighted by molar-refractivity contribution is 0.100. The summed E-state index contributed by atoms with van der Waals surface area (Å²) in [4.78, 5) is 19.8. The Bertz CT molecular complexity index is 737. The number of rotatable bonds is 1. The van der Waals surface area contributed by atoms with Gasteiger partial charge in [0.1, 0.15) is 0 Å². The fraction of sp³-hybridized carbons (Fsp3) is 0. The number of hydrogen-bond donors (Lipinski definition) is 1. The third kappa shape index (κ3) is 1.50. The molecular formula is C13H9N3O. The predicted molar refractivity (Wildman–Crippen MR) is 65.6 cm³/mol. The first-order chi connectivity index (χ1) is 8.25. The molecule has 0 bridgehead atoms. The second kappa shape index (κ2) is 3.52. The second-order valence-corrected chi connectivity index (χ2v) is 3.80. The topological polar surface area (TPSA) is 68.9 Å². The highest BCUT2D eigenvalue weighted by Crippen LogP contribution is 2.22. The molecule has 3 aromatic rings. The Morgan fingerprint density at radius 1 is 1.18 bits per heavy atom. The molecule has 82 valence electrons. The first kappa shape index (κ1) is 9.72. The van der Waals surface area contributed by atoms with Gasteiger partial charge in [0, 0.05) is 28.7 Å². The van der Waals surface area contributed by atoms with E-state index in [-0.39, 0.29) is 0 Å². The average Bonchev–Trinajstić information content (AvgIpc) is 2.38. The smallest absolute Gasteiger partial charge is 0.248 e. The van der Waals surface area contributed by atoms with Gasteiger partial charge in [0.05, 0.1) is 11.0 Å². The Morgan fingerprint density at radius 3 is 2.88 bits per heavy atom. The summed E-state index contributed by atoms with van der Waals surface area (Å²) in [5.41, 5.74) is 7.38. The number of nitrogens with two attached hydrogens (primary N) is 1. The first-order valence-corrected chi connectivity index (χ1v) is 5.19. The van der Waals surface area contributed by atoms with E-state index in [9.17, 15) is 4.79 Å². The molecule has 17 heavy (non-hydrogen) atoms. The minimum absolute atomic E-state index is 0.445. The number of benzene rings is 1. The minimum atomic E-state index is -0.445. The maximum absolute atomic E-state index is 11.2. The molecule has 0 fully saturated rings. The van der Waals surface area contributed by atoms with Gasteiger partial charge in [-0.2, -0.15) is 0 Å². The maximum Gasteiger partial charge on any atom is 0.248 e. The van der Waals surface area contributed by atoms with Gasteiger partial charge in [-0.3, -0.25) is 14.8 Å². The number of nitrogens with zero attached hydrogens (tertiary/aromatic N) is 2. The highest BCUT2D eigenvalue weighted by atomic mass is 16.1. The van der Waals surface area contributed by atoms with Crippen molar-refractivity contribution in [1.82, 2.24) is 9.97 Å². The van der Waals surface area contributed by atoms with Crippen LogP contribution < -0.4 is 5.73 Å². The highest BCUT2D eigenvalue weighted by Gasteiger charge is 2.06. The molecule has 0 saturated heterocycles. The van der Waals surface area contributed by atoms with Crippen LogP contribution in [0.25, 0.3) is 21.8 Å². The number of pyridine rings is 2. The molecule has 0 aliphatic rings. The van der Waals surface area contributed by atoms with Gasteiger partial charge in [-0.1, -0.05) is 0 Å². The molecule has 4 nitrogen and oxygen atoms in total. The number of primary amides is 1. The van der Waals surface area contributed by atoms with E-state index in [2.05, 4.69) is 9.97 Å². The Morgan fingerprint density at radius 2 is 2.06 bits per heavy atom. The molecule has 2 aromatic heterocycles. The van der Waals surface area contributed by atoms with Gasteiger partial charge < -0.3 is 5.73 Å². The van der Waals surface area contributed by atoms with Crippen molar-refractivity contribution in [3.05, 3.63) is 48.3 Å². The summed E-state index contributed by atoms with van der Waals surface area (Å²) in [6.45, 7) is 0. The van der Waals surface area contributed by atoms with Gasteiger partial charge in [-0.05, 0) is 30.3 Å². The van der Waals surface area contributed by atoms with E-state index in [1.807, 2.05) is 12.1 Å². The van der Waals surface area contributed by atoms with Crippen LogP contribution in [0.3, 0.4) is 0 Å². The normalized spacial score (nSPS) is 10.8. The molecule has 0 atom stereocenters. The van der Waals surface area contributed by atoms with Crippen molar-refractivity contribution in [3.63, 3.8) is 0 Å². The van der Waals surface area contributed by atoms with Crippen molar-refractivity contribution in [1.29, 1.82) is 0 Å². The largest absolute Gasteiger partial charge is 0.366 e. The van der Waals surface area contributed by atoms with Crippen LogP contribution in [0.15, 0.2) is 42.7 Å². The first-order valence-electron chi connectivity index (χ1n) is 5.19. The van der Waals surface area contributed by atoms with E-state index in [4.69, 9.17) is 5.73 Å². The van der Waals surface area contributed by atoms with Gasteiger partial charge in [0.25, 0.3) is 0 Å². The third-order valence-corrected chi connectivity index (χ3v) is 2.72. The van der Waals surface area contributed by atoms with Crippen LogP contribution in [-0.2, 0) is 0 Å². The van der Waals surface area contributed by atoms with Gasteiger partial charge in [-0.25, -0.2) is 0 Å². The van der Waals surface area contributed by atoms with Gasteiger partial charge >= 0.3 is 0 Å². The Labute approximate surface area is 97.1 Å². The van der Waals surface area contributed by atoms with Crippen molar-refractivity contribution in [2.24, 2.45) is 5.73 Å². The summed E-state index contributed by atoms with van der Waals surface area (Å²) < 4.78 is 0. The molecule has 1 amide bonds. The van der Waals surface area contributed by atoms with E-state index in [1.54, 1.807) is 30.6 Å². The zero-order valence-corrected chi connectivity index (χ0v) is 8.92. The van der Waals surface area contributed by atoms with E-state index in [0.29, 0.717) is 5.56 Å². The van der Waals surface area contributed by atoms with Crippen LogP contribution in [0.1, 0.15) is 10.4 Å². The number of hydrogen-bond acceptors (Lipinski definition) is 3. The second-order valence-electron chi connectivity index (χ2n) is 3.80. The molecule has 0 unspecified atom stereocenters. The van der Waals surface area contributed by atoms with Crippen LogP contribution >= 0.6 is 0 Å². The number of fused-ring (bicyclic) bond motifs is 3. The molecule has 2 heterocycles. The van der Waals surface area contributed by atoms with E-state index < -0.39 is 5.91 Å². The summed E-state index contributed by atoms with van der Waals surface area (Å²) in [6, 6.07) is 8.98. The molecule has 2 N–H and O–H groups in total. The van der Waals surface area contributed by atoms with E-state index in [0.717, 1.165) is 21.8 Å². The summed E-state index contributed by atoms with van der Waals surface area (Å²) in [7, 11) is 0. The lowest BCUT2D eigenvalue weighted by Gasteiger charge is -2.03. The Hall–Kier alpha value is -2.49. The Kier molecular flexibility index (Phi) is 2.01. The van der Waals surface area contributed by atoms with Crippen LogP contribution in [0.5, 0.6) is 0 Å². The molecule has 3 rings (SSSR count). The SMILES string of the molecule is NC(=O)c1ccc2ncc3cccnc3c2c1. The molecule has 0 aliphatic carbocycles. The molecule has 4 heteroatoms. The van der Waals surface area contributed by atoms with E-state index in [1.165, 1.54) is 0 Å². The fourth-order valence-electron chi connectivity index (χ4n) is 1.88. The number of aromatic nitrogens is 2. The predicted octanol–water partition coefficient (Wildman–Crippen LogP) is 1.88. The van der Waals surface area contributed by atoms with Crippen LogP contribution in [0, 0.1) is 0 Å². The van der Waals surface area contributed by atoms with Crippen molar-refractivity contribution in [3.8, 4) is 0 Å². The lowest BCUT2D eigenvalue weighted by atomic mass is 10.1. The fourth-order valence-corrected chi connectivity index (χ4v) is 1.88. The van der Waals surface area contributed by atoms with Crippen LogP contribution in [-0.4, -0.2) is 15.9 Å². The van der Waals surface area contributed by atoms with Gasteiger partial charge in [-0.15, -0.1) is 0 Å². The number of carbonyl (C=O) groups is 1. The van der Waals surface area contributed by atoms with Crippen molar-refractivity contribution in [2.75, 3.05) is 0 Å². The molecule has 0 aliphatic heterocycles. The molecule has 0 radical (unpaired) electrons. The molecule has 0 spiro atoms. The number of carbonyl (C=O) groups excluding carboxylic acids is 1. The minimum Gasteiger partial charge on any atom is -0.366 e. The average molecular weight is 223 g/mol. The van der Waals surface area contributed by atoms with Crippen molar-refractivity contribution >= 4 is 27.7 Å². The van der Waals surface area contributed by atoms with Crippen LogP contribution in [0.4, 0.5) is 0 Å². The van der Waals surface area contributed by atoms with Crippen molar-refractivity contribution < 1.29 is 4.79 Å². The monoisotopic (exact) mass is 223 g/mol. The zero-order valence-electron chi connectivity index (χ0n) is 8.92. The zero-order chi connectivity index (χ0) is 11.8. The molecular weight excluding hydrogens is 214 g/mol. The lowest BCUT2D eigenvalue weighted by Crippen LogP contribution is -2.10. The summed E-state index contributed by atoms with van der Waals surface area (Å²) >= 11 is 0. The highest BCUT2D eigenvalue weighted by molar-refractivity contribution is 6.06. The van der Waals surface area contributed by atoms with E-state index >= 15 is 0 Å². The maximum atomic E-state index is 11.2. The number of amides is 1. The Balaban J connectivity index is 2.46. The summed E-state index contributed by atoms with van der Waals surface area (Å²) in [5, 5.41) is 1.79.